The minimum atomic E-state index is -0.142. The van der Waals surface area contributed by atoms with Crippen LogP contribution in [0.15, 0.2) is 5.38 Å². The van der Waals surface area contributed by atoms with Crippen molar-refractivity contribution in [2.24, 2.45) is 0 Å². The van der Waals surface area contributed by atoms with Gasteiger partial charge >= 0.3 is 0 Å². The van der Waals surface area contributed by atoms with Crippen LogP contribution in [0.3, 0.4) is 0 Å². The second-order valence-corrected chi connectivity index (χ2v) is 7.46. The number of hydrogen-bond donors (Lipinski definition) is 1. The number of ether oxygens (including phenoxy) is 1. The molecule has 0 fully saturated rings. The van der Waals surface area contributed by atoms with Gasteiger partial charge in [0.1, 0.15) is 0 Å². The lowest BCUT2D eigenvalue weighted by molar-refractivity contribution is -0.0534. The summed E-state index contributed by atoms with van der Waals surface area (Å²) in [7, 11) is 2.01. The van der Waals surface area contributed by atoms with Gasteiger partial charge in [-0.15, -0.1) is 11.3 Å². The minimum absolute atomic E-state index is 0.123. The van der Waals surface area contributed by atoms with Crippen LogP contribution in [0, 0.1) is 0 Å². The Balaban J connectivity index is 2.85. The van der Waals surface area contributed by atoms with Crippen LogP contribution >= 0.6 is 11.3 Å². The molecule has 0 radical (unpaired) electrons. The van der Waals surface area contributed by atoms with Crippen molar-refractivity contribution in [3.8, 4) is 0 Å². The molecule has 3 nitrogen and oxygen atoms in total. The molecule has 2 atom stereocenters. The molecule has 0 aromatic carbocycles. The summed E-state index contributed by atoms with van der Waals surface area (Å²) in [4.78, 5) is 4.80. The van der Waals surface area contributed by atoms with Crippen molar-refractivity contribution in [2.45, 2.75) is 71.4 Å². The summed E-state index contributed by atoms with van der Waals surface area (Å²) in [5.41, 5.74) is 1.16. The zero-order valence-corrected chi connectivity index (χ0v) is 14.9. The van der Waals surface area contributed by atoms with Crippen molar-refractivity contribution in [3.05, 3.63) is 16.1 Å². The lowest BCUT2D eigenvalue weighted by atomic mass is 9.90. The molecule has 2 unspecified atom stereocenters. The summed E-state index contributed by atoms with van der Waals surface area (Å²) < 4.78 is 5.99. The lowest BCUT2D eigenvalue weighted by Gasteiger charge is -2.36. The maximum Gasteiger partial charge on any atom is 0.0945 e. The Morgan fingerprint density at radius 3 is 2.35 bits per heavy atom. The summed E-state index contributed by atoms with van der Waals surface area (Å²) in [5.74, 6) is 0. The highest BCUT2D eigenvalue weighted by molar-refractivity contribution is 7.09. The van der Waals surface area contributed by atoms with Gasteiger partial charge in [-0.2, -0.15) is 0 Å². The number of likely N-dealkylation sites (N-methyl/N-ethyl adjacent to an activating group) is 1. The first-order valence-corrected chi connectivity index (χ1v) is 8.41. The molecule has 0 spiro atoms. The van der Waals surface area contributed by atoms with E-state index in [1.165, 1.54) is 10.7 Å². The number of thiazole rings is 1. The Morgan fingerprint density at radius 1 is 1.30 bits per heavy atom. The van der Waals surface area contributed by atoms with Gasteiger partial charge < -0.3 is 10.1 Å². The second kappa shape index (κ2) is 7.01. The van der Waals surface area contributed by atoms with Crippen LogP contribution in [0.2, 0.25) is 0 Å². The van der Waals surface area contributed by atoms with Crippen LogP contribution < -0.4 is 5.32 Å². The van der Waals surface area contributed by atoms with Gasteiger partial charge in [-0.3, -0.25) is 0 Å². The van der Waals surface area contributed by atoms with E-state index in [-0.39, 0.29) is 17.1 Å². The summed E-state index contributed by atoms with van der Waals surface area (Å²) in [5, 5.41) is 6.79. The predicted molar refractivity (Wildman–Crippen MR) is 87.7 cm³/mol. The Morgan fingerprint density at radius 2 is 1.95 bits per heavy atom. The van der Waals surface area contributed by atoms with E-state index in [9.17, 15) is 0 Å². The Labute approximate surface area is 128 Å². The molecular weight excluding hydrogens is 268 g/mol. The maximum absolute atomic E-state index is 5.99. The van der Waals surface area contributed by atoms with Crippen LogP contribution in [-0.4, -0.2) is 30.3 Å². The van der Waals surface area contributed by atoms with Crippen molar-refractivity contribution in [3.63, 3.8) is 0 Å². The van der Waals surface area contributed by atoms with Gasteiger partial charge in [0.25, 0.3) is 0 Å². The van der Waals surface area contributed by atoms with Crippen molar-refractivity contribution >= 4 is 11.3 Å². The van der Waals surface area contributed by atoms with E-state index in [0.717, 1.165) is 19.4 Å². The number of nitrogens with one attached hydrogen (secondary N) is 1. The predicted octanol–water partition coefficient (Wildman–Crippen LogP) is 3.78. The van der Waals surface area contributed by atoms with E-state index in [4.69, 9.17) is 9.72 Å². The third-order valence-electron chi connectivity index (χ3n) is 3.96. The monoisotopic (exact) mass is 298 g/mol. The van der Waals surface area contributed by atoms with Crippen molar-refractivity contribution in [1.29, 1.82) is 0 Å². The molecule has 0 aliphatic rings. The molecule has 0 aliphatic heterocycles. The van der Waals surface area contributed by atoms with Crippen LogP contribution in [0.1, 0.15) is 58.7 Å². The molecule has 116 valence electrons. The fourth-order valence-corrected chi connectivity index (χ4v) is 3.39. The molecule has 1 aromatic heterocycles. The Bertz CT molecular complexity index is 411. The largest absolute Gasteiger partial charge is 0.374 e. The van der Waals surface area contributed by atoms with Crippen LogP contribution in [0.4, 0.5) is 0 Å². The van der Waals surface area contributed by atoms with E-state index in [2.05, 4.69) is 52.2 Å². The molecule has 1 N–H and O–H groups in total. The third kappa shape index (κ3) is 4.27. The molecular formula is C16H30N2OS. The highest BCUT2D eigenvalue weighted by Gasteiger charge is 2.33. The standard InChI is InChI=1S/C16H30N2OS/c1-8-16(6,19-9-2)12(17-7)10-14-18-13(11-20-14)15(3,4)5/h11-12,17H,8-10H2,1-7H3. The van der Waals surface area contributed by atoms with Gasteiger partial charge in [-0.25, -0.2) is 4.98 Å². The third-order valence-corrected chi connectivity index (χ3v) is 4.83. The molecule has 20 heavy (non-hydrogen) atoms. The van der Waals surface area contributed by atoms with Crippen molar-refractivity contribution < 1.29 is 4.74 Å². The van der Waals surface area contributed by atoms with E-state index >= 15 is 0 Å². The lowest BCUT2D eigenvalue weighted by Crippen LogP contribution is -2.50. The Hall–Kier alpha value is -0.450. The first-order chi connectivity index (χ1) is 9.26. The average molecular weight is 298 g/mol. The quantitative estimate of drug-likeness (QED) is 0.832. The van der Waals surface area contributed by atoms with Gasteiger partial charge in [-0.05, 0) is 27.3 Å². The summed E-state index contributed by atoms with van der Waals surface area (Å²) in [6, 6.07) is 0.284. The van der Waals surface area contributed by atoms with Crippen LogP contribution in [0.5, 0.6) is 0 Å². The Kier molecular flexibility index (Phi) is 6.17. The fraction of sp³-hybridized carbons (Fsp3) is 0.812. The zero-order chi connectivity index (χ0) is 15.4. The highest BCUT2D eigenvalue weighted by Crippen LogP contribution is 2.27. The van der Waals surface area contributed by atoms with Crippen molar-refractivity contribution in [1.82, 2.24) is 10.3 Å². The molecule has 0 saturated heterocycles. The molecule has 0 saturated carbocycles. The summed E-state index contributed by atoms with van der Waals surface area (Å²) in [6.45, 7) is 13.8. The summed E-state index contributed by atoms with van der Waals surface area (Å²) in [6.07, 6.45) is 1.91. The normalized spacial score (nSPS) is 16.9. The molecule has 4 heteroatoms. The topological polar surface area (TPSA) is 34.1 Å². The first kappa shape index (κ1) is 17.6. The average Bonchev–Trinajstić information content (AvgIpc) is 2.84. The van der Waals surface area contributed by atoms with E-state index < -0.39 is 0 Å². The highest BCUT2D eigenvalue weighted by atomic mass is 32.1. The molecule has 0 amide bonds. The molecule has 1 aromatic rings. The SMILES string of the molecule is CCOC(C)(CC)C(Cc1nc(C(C)(C)C)cs1)NC. The first-order valence-electron chi connectivity index (χ1n) is 7.53. The number of rotatable bonds is 7. The second-order valence-electron chi connectivity index (χ2n) is 6.52. The minimum Gasteiger partial charge on any atom is -0.374 e. The van der Waals surface area contributed by atoms with Crippen LogP contribution in [0.25, 0.3) is 0 Å². The van der Waals surface area contributed by atoms with Crippen molar-refractivity contribution in [2.75, 3.05) is 13.7 Å². The fourth-order valence-electron chi connectivity index (χ4n) is 2.33. The van der Waals surface area contributed by atoms with E-state index in [1.54, 1.807) is 11.3 Å². The zero-order valence-electron chi connectivity index (χ0n) is 14.0. The molecule has 0 bridgehead atoms. The molecule has 1 rings (SSSR count). The molecule has 0 aliphatic carbocycles. The van der Waals surface area contributed by atoms with E-state index in [1.807, 2.05) is 7.05 Å². The van der Waals surface area contributed by atoms with Gasteiger partial charge in [0.15, 0.2) is 0 Å². The van der Waals surface area contributed by atoms with Gasteiger partial charge in [0.05, 0.1) is 16.3 Å². The van der Waals surface area contributed by atoms with Crippen LogP contribution in [-0.2, 0) is 16.6 Å². The van der Waals surface area contributed by atoms with E-state index in [0.29, 0.717) is 0 Å². The van der Waals surface area contributed by atoms with Gasteiger partial charge in [0, 0.05) is 29.9 Å². The number of nitrogens with zero attached hydrogens (tertiary/aromatic N) is 1. The smallest absolute Gasteiger partial charge is 0.0945 e. The van der Waals surface area contributed by atoms with Gasteiger partial charge in [-0.1, -0.05) is 27.7 Å². The molecule has 1 heterocycles. The van der Waals surface area contributed by atoms with Gasteiger partial charge in [0.2, 0.25) is 0 Å². The maximum atomic E-state index is 5.99. The summed E-state index contributed by atoms with van der Waals surface area (Å²) >= 11 is 1.76. The number of hydrogen-bond acceptors (Lipinski definition) is 4. The number of aromatic nitrogens is 1.